The minimum Gasteiger partial charge on any atom is -0.382 e. The van der Waals surface area contributed by atoms with Gasteiger partial charge in [0.05, 0.1) is 28.8 Å². The first-order valence-electron chi connectivity index (χ1n) is 10.1. The van der Waals surface area contributed by atoms with Gasteiger partial charge in [0.2, 0.25) is 0 Å². The average Bonchev–Trinajstić information content (AvgIpc) is 2.92. The van der Waals surface area contributed by atoms with Gasteiger partial charge in [0.1, 0.15) is 0 Å². The second-order valence-electron chi connectivity index (χ2n) is 7.92. The minimum atomic E-state index is -4.45. The molecule has 1 atom stereocenters. The van der Waals surface area contributed by atoms with Crippen LogP contribution in [0.2, 0.25) is 0 Å². The van der Waals surface area contributed by atoms with Crippen molar-refractivity contribution >= 4 is 23.2 Å². The number of rotatable bonds is 2. The highest BCUT2D eigenvalue weighted by atomic mass is 19.4. The summed E-state index contributed by atoms with van der Waals surface area (Å²) in [6, 6.07) is 9.81. The summed E-state index contributed by atoms with van der Waals surface area (Å²) in [5.74, 6) is 0.491. The highest BCUT2D eigenvalue weighted by Gasteiger charge is 2.31. The maximum atomic E-state index is 13.2. The van der Waals surface area contributed by atoms with Crippen molar-refractivity contribution in [2.75, 3.05) is 28.6 Å². The molecule has 3 aromatic rings. The molecule has 2 aromatic heterocycles. The van der Waals surface area contributed by atoms with Crippen LogP contribution in [0.3, 0.4) is 0 Å². The third-order valence-electron chi connectivity index (χ3n) is 5.12. The summed E-state index contributed by atoms with van der Waals surface area (Å²) in [4.78, 5) is 23.3. The van der Waals surface area contributed by atoms with Crippen LogP contribution in [-0.2, 0) is 6.18 Å². The largest absolute Gasteiger partial charge is 0.416 e. The number of carbonyl (C=O) groups excluding carboxylic acids is 1. The van der Waals surface area contributed by atoms with Crippen molar-refractivity contribution in [3.05, 3.63) is 66.0 Å². The Morgan fingerprint density at radius 3 is 2.75 bits per heavy atom. The smallest absolute Gasteiger partial charge is 0.382 e. The van der Waals surface area contributed by atoms with Crippen molar-refractivity contribution in [3.8, 4) is 11.3 Å². The molecule has 0 radical (unpaired) electrons. The molecule has 6 nitrogen and oxygen atoms in total. The number of nitrogens with one attached hydrogen (secondary N) is 2. The van der Waals surface area contributed by atoms with Crippen LogP contribution in [0.4, 0.5) is 35.2 Å². The molecular formula is C23H22F3N5O. The lowest BCUT2D eigenvalue weighted by molar-refractivity contribution is -0.137. The third-order valence-corrected chi connectivity index (χ3v) is 5.12. The van der Waals surface area contributed by atoms with E-state index in [4.69, 9.17) is 0 Å². The molecule has 0 unspecified atom stereocenters. The minimum absolute atomic E-state index is 0.127. The number of carbonyl (C=O) groups is 1. The van der Waals surface area contributed by atoms with Crippen molar-refractivity contribution in [2.45, 2.75) is 20.0 Å². The second kappa shape index (κ2) is 8.49. The van der Waals surface area contributed by atoms with Crippen LogP contribution in [0.25, 0.3) is 11.3 Å². The van der Waals surface area contributed by atoms with Gasteiger partial charge < -0.3 is 10.6 Å². The molecule has 9 heteroatoms. The molecule has 4 rings (SSSR count). The summed E-state index contributed by atoms with van der Waals surface area (Å²) in [6.07, 6.45) is -1.21. The van der Waals surface area contributed by atoms with Gasteiger partial charge >= 0.3 is 12.2 Å². The molecule has 2 N–H and O–H groups in total. The number of hydrogen-bond donors (Lipinski definition) is 2. The standard InChI is InChI=1S/C23H22F3N5O/c1-14-8-18(12-27-10-14)29-22(32)31-13-15(2)11-28-20-7-6-19(30-21(20)31)16-4-3-5-17(9-16)23(24,25)26/h3-10,12,15,28H,11,13H2,1-2H3,(H,29,32)/t15-/m1/s1. The zero-order valence-corrected chi connectivity index (χ0v) is 17.6. The van der Waals surface area contributed by atoms with Crippen molar-refractivity contribution < 1.29 is 18.0 Å². The van der Waals surface area contributed by atoms with Crippen LogP contribution in [0.5, 0.6) is 0 Å². The Labute approximate surface area is 183 Å². The van der Waals surface area contributed by atoms with Gasteiger partial charge in [-0.25, -0.2) is 9.78 Å². The van der Waals surface area contributed by atoms with E-state index >= 15 is 0 Å². The first kappa shape index (κ1) is 21.6. The molecule has 32 heavy (non-hydrogen) atoms. The Morgan fingerprint density at radius 2 is 2.00 bits per heavy atom. The van der Waals surface area contributed by atoms with Crippen molar-refractivity contribution in [1.29, 1.82) is 0 Å². The molecule has 0 aliphatic carbocycles. The predicted molar refractivity (Wildman–Crippen MR) is 118 cm³/mol. The molecule has 3 heterocycles. The number of urea groups is 1. The Kier molecular flexibility index (Phi) is 5.73. The molecule has 1 aliphatic heterocycles. The Hall–Kier alpha value is -3.62. The molecule has 2 amide bonds. The summed E-state index contributed by atoms with van der Waals surface area (Å²) in [5.41, 5.74) is 2.02. The van der Waals surface area contributed by atoms with Crippen LogP contribution in [0.1, 0.15) is 18.1 Å². The Balaban J connectivity index is 1.71. The highest BCUT2D eigenvalue weighted by molar-refractivity contribution is 6.03. The second-order valence-corrected chi connectivity index (χ2v) is 7.92. The maximum absolute atomic E-state index is 13.2. The zero-order valence-electron chi connectivity index (χ0n) is 17.6. The average molecular weight is 441 g/mol. The fraction of sp³-hybridized carbons (Fsp3) is 0.261. The summed E-state index contributed by atoms with van der Waals surface area (Å²) < 4.78 is 39.5. The highest BCUT2D eigenvalue weighted by Crippen LogP contribution is 2.34. The monoisotopic (exact) mass is 441 g/mol. The van der Waals surface area contributed by atoms with Crippen LogP contribution >= 0.6 is 0 Å². The van der Waals surface area contributed by atoms with Gasteiger partial charge in [0.15, 0.2) is 5.82 Å². The van der Waals surface area contributed by atoms with Gasteiger partial charge in [-0.3, -0.25) is 9.88 Å². The molecule has 0 spiro atoms. The number of hydrogen-bond acceptors (Lipinski definition) is 4. The molecule has 0 bridgehead atoms. The fourth-order valence-electron chi connectivity index (χ4n) is 3.55. The van der Waals surface area contributed by atoms with Crippen LogP contribution in [0, 0.1) is 12.8 Å². The van der Waals surface area contributed by atoms with Crippen LogP contribution in [0.15, 0.2) is 54.9 Å². The van der Waals surface area contributed by atoms with E-state index in [-0.39, 0.29) is 11.9 Å². The molecule has 0 saturated heterocycles. The van der Waals surface area contributed by atoms with E-state index in [2.05, 4.69) is 20.6 Å². The predicted octanol–water partition coefficient (Wildman–Crippen LogP) is 5.57. The van der Waals surface area contributed by atoms with Crippen LogP contribution < -0.4 is 15.5 Å². The lowest BCUT2D eigenvalue weighted by Crippen LogP contribution is -2.38. The van der Waals surface area contributed by atoms with Gasteiger partial charge in [-0.1, -0.05) is 19.1 Å². The van der Waals surface area contributed by atoms with E-state index in [1.54, 1.807) is 36.7 Å². The number of benzene rings is 1. The summed E-state index contributed by atoms with van der Waals surface area (Å²) in [5, 5.41) is 6.11. The van der Waals surface area contributed by atoms with Gasteiger partial charge in [-0.2, -0.15) is 13.2 Å². The quantitative estimate of drug-likeness (QED) is 0.545. The lowest BCUT2D eigenvalue weighted by Gasteiger charge is -2.24. The number of alkyl halides is 3. The molecule has 0 saturated carbocycles. The SMILES string of the molecule is Cc1cncc(NC(=O)N2C[C@H](C)CNc3ccc(-c4cccc(C(F)(F)F)c4)nc32)c1. The van der Waals surface area contributed by atoms with Gasteiger partial charge in [0.25, 0.3) is 0 Å². The Bertz CT molecular complexity index is 1150. The van der Waals surface area contributed by atoms with Gasteiger partial charge in [0, 0.05) is 24.8 Å². The number of aryl methyl sites for hydroxylation is 1. The number of anilines is 3. The first-order valence-corrected chi connectivity index (χ1v) is 10.1. The van der Waals surface area contributed by atoms with E-state index in [1.807, 2.05) is 13.8 Å². The van der Waals surface area contributed by atoms with Crippen molar-refractivity contribution in [1.82, 2.24) is 9.97 Å². The van der Waals surface area contributed by atoms with E-state index in [9.17, 15) is 18.0 Å². The Morgan fingerprint density at radius 1 is 1.19 bits per heavy atom. The number of halogens is 3. The van der Waals surface area contributed by atoms with Crippen molar-refractivity contribution in [3.63, 3.8) is 0 Å². The number of nitrogens with zero attached hydrogens (tertiary/aromatic N) is 3. The molecule has 1 aliphatic rings. The molecule has 1 aromatic carbocycles. The summed E-state index contributed by atoms with van der Waals surface area (Å²) in [6.45, 7) is 4.90. The molecule has 0 fully saturated rings. The van der Waals surface area contributed by atoms with Gasteiger partial charge in [-0.15, -0.1) is 0 Å². The van der Waals surface area contributed by atoms with E-state index < -0.39 is 11.7 Å². The topological polar surface area (TPSA) is 70.2 Å². The van der Waals surface area contributed by atoms with Crippen molar-refractivity contribution in [2.24, 2.45) is 5.92 Å². The number of fused-ring (bicyclic) bond motifs is 1. The van der Waals surface area contributed by atoms with E-state index in [0.717, 1.165) is 17.7 Å². The first-order chi connectivity index (χ1) is 15.2. The maximum Gasteiger partial charge on any atom is 0.416 e. The molecule has 166 valence electrons. The van der Waals surface area contributed by atoms with Crippen LogP contribution in [-0.4, -0.2) is 29.1 Å². The zero-order chi connectivity index (χ0) is 22.9. The fourth-order valence-corrected chi connectivity index (χ4v) is 3.55. The lowest BCUT2D eigenvalue weighted by atomic mass is 10.1. The number of aromatic nitrogens is 2. The summed E-state index contributed by atoms with van der Waals surface area (Å²) in [7, 11) is 0. The van der Waals surface area contributed by atoms with E-state index in [0.29, 0.717) is 41.5 Å². The van der Waals surface area contributed by atoms with E-state index in [1.165, 1.54) is 11.0 Å². The number of pyridine rings is 2. The summed E-state index contributed by atoms with van der Waals surface area (Å²) >= 11 is 0. The normalized spacial score (nSPS) is 16.0. The number of amides is 2. The molecular weight excluding hydrogens is 419 g/mol. The van der Waals surface area contributed by atoms with Gasteiger partial charge in [-0.05, 0) is 48.7 Å². The third kappa shape index (κ3) is 4.66.